The number of hydrogen-bond donors (Lipinski definition) is 1. The third-order valence-corrected chi connectivity index (χ3v) is 2.13. The van der Waals surface area contributed by atoms with E-state index in [2.05, 4.69) is 6.08 Å². The van der Waals surface area contributed by atoms with E-state index in [-0.39, 0.29) is 0 Å². The van der Waals surface area contributed by atoms with Crippen LogP contribution in [0, 0.1) is 5.92 Å². The van der Waals surface area contributed by atoms with Gasteiger partial charge in [-0.05, 0) is 43.7 Å². The molecule has 2 N–H and O–H groups in total. The van der Waals surface area contributed by atoms with Crippen LogP contribution >= 0.6 is 0 Å². The van der Waals surface area contributed by atoms with Gasteiger partial charge < -0.3 is 10.5 Å². The Labute approximate surface area is 74.8 Å². The molecule has 0 amide bonds. The lowest BCUT2D eigenvalue weighted by Gasteiger charge is -2.04. The summed E-state index contributed by atoms with van der Waals surface area (Å²) in [6.07, 6.45) is 7.31. The van der Waals surface area contributed by atoms with Crippen molar-refractivity contribution in [3.63, 3.8) is 0 Å². The first-order chi connectivity index (χ1) is 5.86. The van der Waals surface area contributed by atoms with E-state index in [9.17, 15) is 0 Å². The van der Waals surface area contributed by atoms with Gasteiger partial charge in [-0.1, -0.05) is 6.08 Å². The molecule has 2 heteroatoms. The normalized spacial score (nSPS) is 18.3. The summed E-state index contributed by atoms with van der Waals surface area (Å²) in [5.41, 5.74) is 6.89. The van der Waals surface area contributed by atoms with E-state index < -0.39 is 0 Å². The van der Waals surface area contributed by atoms with Gasteiger partial charge in [0.05, 0.1) is 6.61 Å². The molecule has 1 aliphatic carbocycles. The van der Waals surface area contributed by atoms with Crippen LogP contribution in [0.4, 0.5) is 0 Å². The smallest absolute Gasteiger partial charge is 0.0673 e. The summed E-state index contributed by atoms with van der Waals surface area (Å²) in [6.45, 7) is 1.57. The highest BCUT2D eigenvalue weighted by molar-refractivity contribution is 5.08. The van der Waals surface area contributed by atoms with Crippen molar-refractivity contribution >= 4 is 0 Å². The van der Waals surface area contributed by atoms with Crippen LogP contribution in [0.3, 0.4) is 0 Å². The zero-order valence-corrected chi connectivity index (χ0v) is 7.88. The molecule has 1 rings (SSSR count). The minimum atomic E-state index is 0.783. The van der Waals surface area contributed by atoms with E-state index in [0.717, 1.165) is 31.9 Å². The van der Waals surface area contributed by atoms with Crippen molar-refractivity contribution in [1.29, 1.82) is 0 Å². The van der Waals surface area contributed by atoms with Gasteiger partial charge in [-0.25, -0.2) is 0 Å². The molecule has 0 heterocycles. The molecule has 0 bridgehead atoms. The Hall–Kier alpha value is -0.340. The Kier molecular flexibility index (Phi) is 4.33. The van der Waals surface area contributed by atoms with Crippen LogP contribution in [0.2, 0.25) is 0 Å². The second-order valence-electron chi connectivity index (χ2n) is 3.49. The largest absolute Gasteiger partial charge is 0.380 e. The highest BCUT2D eigenvalue weighted by atomic mass is 16.5. The lowest BCUT2D eigenvalue weighted by atomic mass is 10.1. The standard InChI is InChI=1S/C10H19NO/c1-12-8-10(3-2-6-11)7-9-4-5-9/h7,9H,2-6,8,11H2,1H3. The van der Waals surface area contributed by atoms with Gasteiger partial charge in [-0.3, -0.25) is 0 Å². The third kappa shape index (κ3) is 3.88. The molecule has 1 saturated carbocycles. The first-order valence-corrected chi connectivity index (χ1v) is 4.75. The summed E-state index contributed by atoms with van der Waals surface area (Å²) < 4.78 is 5.12. The van der Waals surface area contributed by atoms with Crippen molar-refractivity contribution in [2.45, 2.75) is 25.7 Å². The number of rotatable bonds is 6. The molecular weight excluding hydrogens is 150 g/mol. The van der Waals surface area contributed by atoms with Crippen molar-refractivity contribution in [2.24, 2.45) is 11.7 Å². The molecule has 0 saturated heterocycles. The zero-order valence-electron chi connectivity index (χ0n) is 7.88. The fourth-order valence-electron chi connectivity index (χ4n) is 1.31. The van der Waals surface area contributed by atoms with Crippen molar-refractivity contribution in [2.75, 3.05) is 20.3 Å². The van der Waals surface area contributed by atoms with Gasteiger partial charge in [0, 0.05) is 7.11 Å². The van der Waals surface area contributed by atoms with Crippen LogP contribution < -0.4 is 5.73 Å². The average Bonchev–Trinajstić information content (AvgIpc) is 2.84. The van der Waals surface area contributed by atoms with Gasteiger partial charge in [0.2, 0.25) is 0 Å². The summed E-state index contributed by atoms with van der Waals surface area (Å²) in [4.78, 5) is 0. The molecular formula is C10H19NO. The Balaban J connectivity index is 2.25. The van der Waals surface area contributed by atoms with Gasteiger partial charge >= 0.3 is 0 Å². The number of ether oxygens (including phenoxy) is 1. The predicted octanol–water partition coefficient (Wildman–Crippen LogP) is 1.71. The molecule has 0 spiro atoms. The quantitative estimate of drug-likeness (QED) is 0.614. The van der Waals surface area contributed by atoms with Gasteiger partial charge in [0.15, 0.2) is 0 Å². The predicted molar refractivity (Wildman–Crippen MR) is 51.0 cm³/mol. The van der Waals surface area contributed by atoms with Gasteiger partial charge in [0.1, 0.15) is 0 Å². The molecule has 0 aromatic carbocycles. The number of allylic oxidation sites excluding steroid dienone is 1. The minimum Gasteiger partial charge on any atom is -0.380 e. The Morgan fingerprint density at radius 2 is 2.33 bits per heavy atom. The maximum Gasteiger partial charge on any atom is 0.0673 e. The van der Waals surface area contributed by atoms with E-state index in [1.54, 1.807) is 7.11 Å². The van der Waals surface area contributed by atoms with Crippen molar-refractivity contribution in [3.05, 3.63) is 11.6 Å². The molecule has 1 fully saturated rings. The Bertz CT molecular complexity index is 150. The van der Waals surface area contributed by atoms with Crippen molar-refractivity contribution in [1.82, 2.24) is 0 Å². The summed E-state index contributed by atoms with van der Waals surface area (Å²) >= 11 is 0. The molecule has 2 nitrogen and oxygen atoms in total. The Morgan fingerprint density at radius 1 is 1.58 bits per heavy atom. The lowest BCUT2D eigenvalue weighted by Crippen LogP contribution is -2.02. The van der Waals surface area contributed by atoms with E-state index >= 15 is 0 Å². The number of nitrogens with two attached hydrogens (primary N) is 1. The molecule has 0 aliphatic heterocycles. The molecule has 0 unspecified atom stereocenters. The fourth-order valence-corrected chi connectivity index (χ4v) is 1.31. The summed E-state index contributed by atoms with van der Waals surface area (Å²) in [5, 5.41) is 0. The van der Waals surface area contributed by atoms with Crippen LogP contribution in [0.5, 0.6) is 0 Å². The molecule has 0 aromatic rings. The Morgan fingerprint density at radius 3 is 2.83 bits per heavy atom. The van der Waals surface area contributed by atoms with Crippen molar-refractivity contribution in [3.8, 4) is 0 Å². The minimum absolute atomic E-state index is 0.783. The molecule has 1 aliphatic rings. The van der Waals surface area contributed by atoms with E-state index in [1.165, 1.54) is 18.4 Å². The van der Waals surface area contributed by atoms with E-state index in [4.69, 9.17) is 10.5 Å². The monoisotopic (exact) mass is 169 g/mol. The van der Waals surface area contributed by atoms with Crippen LogP contribution in [-0.2, 0) is 4.74 Å². The van der Waals surface area contributed by atoms with Crippen LogP contribution in [0.15, 0.2) is 11.6 Å². The maximum atomic E-state index is 5.45. The first kappa shape index (κ1) is 9.75. The van der Waals surface area contributed by atoms with Gasteiger partial charge in [0.25, 0.3) is 0 Å². The maximum absolute atomic E-state index is 5.45. The van der Waals surface area contributed by atoms with Crippen molar-refractivity contribution < 1.29 is 4.74 Å². The number of hydrogen-bond acceptors (Lipinski definition) is 2. The molecule has 70 valence electrons. The van der Waals surface area contributed by atoms with Gasteiger partial charge in [-0.2, -0.15) is 0 Å². The molecule has 12 heavy (non-hydrogen) atoms. The fraction of sp³-hybridized carbons (Fsp3) is 0.800. The van der Waals surface area contributed by atoms with E-state index in [0.29, 0.717) is 0 Å². The number of methoxy groups -OCH3 is 1. The summed E-state index contributed by atoms with van der Waals surface area (Å²) in [7, 11) is 1.75. The molecule has 0 radical (unpaired) electrons. The SMILES string of the molecule is COCC(=CC1CC1)CCCN. The zero-order chi connectivity index (χ0) is 8.81. The van der Waals surface area contributed by atoms with Crippen LogP contribution in [-0.4, -0.2) is 20.3 Å². The average molecular weight is 169 g/mol. The highest BCUT2D eigenvalue weighted by Gasteiger charge is 2.18. The summed E-state index contributed by atoms with van der Waals surface area (Å²) in [5.74, 6) is 0.855. The van der Waals surface area contributed by atoms with Gasteiger partial charge in [-0.15, -0.1) is 0 Å². The van der Waals surface area contributed by atoms with Crippen LogP contribution in [0.1, 0.15) is 25.7 Å². The van der Waals surface area contributed by atoms with Crippen LogP contribution in [0.25, 0.3) is 0 Å². The second-order valence-corrected chi connectivity index (χ2v) is 3.49. The second kappa shape index (κ2) is 5.33. The highest BCUT2D eigenvalue weighted by Crippen LogP contribution is 2.32. The first-order valence-electron chi connectivity index (χ1n) is 4.75. The third-order valence-electron chi connectivity index (χ3n) is 2.13. The lowest BCUT2D eigenvalue weighted by molar-refractivity contribution is 0.222. The topological polar surface area (TPSA) is 35.2 Å². The summed E-state index contributed by atoms with van der Waals surface area (Å²) in [6, 6.07) is 0. The molecule has 0 atom stereocenters. The molecule has 0 aromatic heterocycles. The van der Waals surface area contributed by atoms with E-state index in [1.807, 2.05) is 0 Å².